The van der Waals surface area contributed by atoms with Gasteiger partial charge in [-0.05, 0) is 6.26 Å². The van der Waals surface area contributed by atoms with E-state index in [-0.39, 0.29) is 21.1 Å². The molecule has 1 heterocycles. The van der Waals surface area contributed by atoms with Crippen LogP contribution in [0, 0.1) is 0 Å². The Labute approximate surface area is 111 Å². The number of carboxylic acids is 2. The van der Waals surface area contributed by atoms with Gasteiger partial charge in [0, 0.05) is 40.5 Å². The van der Waals surface area contributed by atoms with E-state index < -0.39 is 11.9 Å². The van der Waals surface area contributed by atoms with E-state index in [1.54, 1.807) is 11.8 Å². The number of thioether (sulfide) groups is 1. The molecule has 6 nitrogen and oxygen atoms in total. The van der Waals surface area contributed by atoms with Crippen LogP contribution in [0.5, 0.6) is 0 Å². The molecule has 0 atom stereocenters. The fourth-order valence-electron chi connectivity index (χ4n) is 0.665. The zero-order chi connectivity index (χ0) is 11.8. The summed E-state index contributed by atoms with van der Waals surface area (Å²) in [5.74, 6) is -1.50. The maximum atomic E-state index is 9.10. The van der Waals surface area contributed by atoms with Gasteiger partial charge in [0.25, 0.3) is 0 Å². The molecule has 0 amide bonds. The molecular formula is C8H12N2O4PtS. The van der Waals surface area contributed by atoms with Gasteiger partial charge in [-0.2, -0.15) is 11.8 Å². The molecule has 94 valence electrons. The summed E-state index contributed by atoms with van der Waals surface area (Å²) in [6, 6.07) is 0. The first-order valence-corrected chi connectivity index (χ1v) is 5.29. The number of hydrogen-bond acceptors (Lipinski definition) is 4. The molecule has 0 saturated heterocycles. The summed E-state index contributed by atoms with van der Waals surface area (Å²) in [5.41, 5.74) is 0. The van der Waals surface area contributed by atoms with Gasteiger partial charge in [0.15, 0.2) is 0 Å². The SMILES string of the molecule is CSCc1nccn1C.O=C(O)C(=O)O.[Pt]. The third-order valence-electron chi connectivity index (χ3n) is 1.38. The van der Waals surface area contributed by atoms with Gasteiger partial charge in [-0.1, -0.05) is 0 Å². The molecule has 1 aromatic rings. The van der Waals surface area contributed by atoms with Gasteiger partial charge in [-0.25, -0.2) is 14.6 Å². The number of aryl methyl sites for hydroxylation is 1. The van der Waals surface area contributed by atoms with E-state index in [0.717, 1.165) is 11.6 Å². The first-order valence-electron chi connectivity index (χ1n) is 3.90. The van der Waals surface area contributed by atoms with Crippen molar-refractivity contribution in [2.75, 3.05) is 6.26 Å². The third-order valence-corrected chi connectivity index (χ3v) is 1.92. The number of rotatable bonds is 2. The Morgan fingerprint density at radius 1 is 1.44 bits per heavy atom. The summed E-state index contributed by atoms with van der Waals surface area (Å²) in [7, 11) is 2.01. The number of aliphatic carboxylic acids is 2. The molecular weight excluding hydrogens is 415 g/mol. The molecule has 0 unspecified atom stereocenters. The normalized spacial score (nSPS) is 8.38. The Hall–Kier alpha value is -0.812. The number of carbonyl (C=O) groups is 2. The molecule has 8 heteroatoms. The summed E-state index contributed by atoms with van der Waals surface area (Å²) < 4.78 is 2.04. The van der Waals surface area contributed by atoms with Gasteiger partial charge >= 0.3 is 11.9 Å². The van der Waals surface area contributed by atoms with E-state index in [1.165, 1.54) is 0 Å². The Morgan fingerprint density at radius 2 is 1.94 bits per heavy atom. The second-order valence-electron chi connectivity index (χ2n) is 2.50. The first-order chi connectivity index (χ1) is 6.99. The van der Waals surface area contributed by atoms with E-state index in [9.17, 15) is 0 Å². The molecule has 0 saturated carbocycles. The monoisotopic (exact) mass is 427 g/mol. The second-order valence-corrected chi connectivity index (χ2v) is 3.36. The van der Waals surface area contributed by atoms with Crippen LogP contribution < -0.4 is 0 Å². The predicted octanol–water partition coefficient (Wildman–Crippen LogP) is 0.436. The Bertz CT molecular complexity index is 331. The van der Waals surface area contributed by atoms with E-state index in [2.05, 4.69) is 11.2 Å². The molecule has 1 rings (SSSR count). The zero-order valence-electron chi connectivity index (χ0n) is 8.69. The van der Waals surface area contributed by atoms with Crippen molar-refractivity contribution >= 4 is 23.7 Å². The molecule has 0 aliphatic carbocycles. The van der Waals surface area contributed by atoms with Crippen LogP contribution in [0.25, 0.3) is 0 Å². The fourth-order valence-corrected chi connectivity index (χ4v) is 1.20. The van der Waals surface area contributed by atoms with Crippen LogP contribution in [-0.4, -0.2) is 38.0 Å². The maximum Gasteiger partial charge on any atom is 0.414 e. The van der Waals surface area contributed by atoms with Crippen molar-refractivity contribution in [2.45, 2.75) is 5.75 Å². The Morgan fingerprint density at radius 3 is 2.19 bits per heavy atom. The topological polar surface area (TPSA) is 92.4 Å². The average Bonchev–Trinajstić information content (AvgIpc) is 2.53. The first kappa shape index (κ1) is 17.6. The number of carboxylic acid groups (broad SMARTS) is 2. The van der Waals surface area contributed by atoms with Crippen LogP contribution in [0.4, 0.5) is 0 Å². The third kappa shape index (κ3) is 7.48. The fraction of sp³-hybridized carbons (Fsp3) is 0.375. The summed E-state index contributed by atoms with van der Waals surface area (Å²) in [6.07, 6.45) is 5.87. The molecule has 0 fully saturated rings. The molecule has 0 spiro atoms. The molecule has 0 radical (unpaired) electrons. The van der Waals surface area contributed by atoms with Crippen molar-refractivity contribution in [3.63, 3.8) is 0 Å². The van der Waals surface area contributed by atoms with Crippen LogP contribution in [0.2, 0.25) is 0 Å². The van der Waals surface area contributed by atoms with Crippen molar-refractivity contribution in [3.05, 3.63) is 18.2 Å². The molecule has 0 aliphatic heterocycles. The minimum atomic E-state index is -1.82. The minimum Gasteiger partial charge on any atom is -0.473 e. The summed E-state index contributed by atoms with van der Waals surface area (Å²) in [4.78, 5) is 22.3. The quantitative estimate of drug-likeness (QED) is 0.666. The van der Waals surface area contributed by atoms with Gasteiger partial charge in [0.05, 0.1) is 5.75 Å². The molecule has 2 N–H and O–H groups in total. The molecule has 16 heavy (non-hydrogen) atoms. The van der Waals surface area contributed by atoms with Crippen LogP contribution >= 0.6 is 11.8 Å². The number of imidazole rings is 1. The Kier molecular flexibility index (Phi) is 10.3. The minimum absolute atomic E-state index is 0. The van der Waals surface area contributed by atoms with Crippen molar-refractivity contribution in [1.82, 2.24) is 9.55 Å². The zero-order valence-corrected chi connectivity index (χ0v) is 11.8. The average molecular weight is 427 g/mol. The molecule has 0 aromatic carbocycles. The van der Waals surface area contributed by atoms with E-state index in [4.69, 9.17) is 19.8 Å². The molecule has 0 aliphatic rings. The van der Waals surface area contributed by atoms with E-state index in [1.807, 2.05) is 24.0 Å². The van der Waals surface area contributed by atoms with Crippen molar-refractivity contribution in [1.29, 1.82) is 0 Å². The second kappa shape index (κ2) is 9.42. The largest absolute Gasteiger partial charge is 0.473 e. The summed E-state index contributed by atoms with van der Waals surface area (Å²) in [6.45, 7) is 0. The van der Waals surface area contributed by atoms with Gasteiger partial charge in [0.1, 0.15) is 5.82 Å². The summed E-state index contributed by atoms with van der Waals surface area (Å²) in [5, 5.41) is 14.8. The van der Waals surface area contributed by atoms with Crippen LogP contribution in [0.3, 0.4) is 0 Å². The van der Waals surface area contributed by atoms with Crippen molar-refractivity contribution in [2.24, 2.45) is 7.05 Å². The van der Waals surface area contributed by atoms with Crippen LogP contribution in [0.1, 0.15) is 5.82 Å². The Balaban J connectivity index is 0. The van der Waals surface area contributed by atoms with E-state index >= 15 is 0 Å². The van der Waals surface area contributed by atoms with Gasteiger partial charge in [-0.3, -0.25) is 0 Å². The summed E-state index contributed by atoms with van der Waals surface area (Å²) >= 11 is 1.79. The van der Waals surface area contributed by atoms with Crippen molar-refractivity contribution < 1.29 is 40.9 Å². The van der Waals surface area contributed by atoms with Crippen LogP contribution in [0.15, 0.2) is 12.4 Å². The smallest absolute Gasteiger partial charge is 0.414 e. The van der Waals surface area contributed by atoms with Gasteiger partial charge < -0.3 is 14.8 Å². The molecule has 0 bridgehead atoms. The number of aromatic nitrogens is 2. The van der Waals surface area contributed by atoms with Gasteiger partial charge in [0.2, 0.25) is 0 Å². The predicted molar refractivity (Wildman–Crippen MR) is 55.7 cm³/mol. The van der Waals surface area contributed by atoms with Gasteiger partial charge in [-0.15, -0.1) is 0 Å². The van der Waals surface area contributed by atoms with E-state index in [0.29, 0.717) is 0 Å². The van der Waals surface area contributed by atoms with Crippen molar-refractivity contribution in [3.8, 4) is 0 Å². The van der Waals surface area contributed by atoms with Crippen LogP contribution in [-0.2, 0) is 43.5 Å². The number of nitrogens with zero attached hydrogens (tertiary/aromatic N) is 2. The standard InChI is InChI=1S/C6H10N2S.C2H2O4.Pt/c1-8-4-3-7-6(8)5-9-2;3-1(4)2(5)6;/h3-4H,5H2,1-2H3;(H,3,4)(H,5,6);. The maximum absolute atomic E-state index is 9.10. The molecule has 1 aromatic heterocycles. The number of hydrogen-bond donors (Lipinski definition) is 2.